The molecule has 5 rings (SSSR count). The summed E-state index contributed by atoms with van der Waals surface area (Å²) in [6, 6.07) is 11.5. The van der Waals surface area contributed by atoms with Crippen LogP contribution in [0.1, 0.15) is 22.4 Å². The number of hydrogen-bond acceptors (Lipinski definition) is 6. The molecule has 0 saturated heterocycles. The van der Waals surface area contributed by atoms with Crippen LogP contribution in [0.2, 0.25) is 0 Å². The van der Waals surface area contributed by atoms with Gasteiger partial charge in [0.25, 0.3) is 5.89 Å². The van der Waals surface area contributed by atoms with Crippen LogP contribution in [0.3, 0.4) is 0 Å². The highest BCUT2D eigenvalue weighted by Gasteiger charge is 2.34. The molecule has 0 atom stereocenters. The van der Waals surface area contributed by atoms with Gasteiger partial charge in [0.15, 0.2) is 5.69 Å². The van der Waals surface area contributed by atoms with Crippen molar-refractivity contribution in [2.75, 3.05) is 6.54 Å². The van der Waals surface area contributed by atoms with Crippen molar-refractivity contribution >= 4 is 10.0 Å². The van der Waals surface area contributed by atoms with E-state index in [1.807, 2.05) is 31.2 Å². The maximum atomic E-state index is 13.8. The van der Waals surface area contributed by atoms with E-state index >= 15 is 0 Å². The highest BCUT2D eigenvalue weighted by atomic mass is 32.2. The van der Waals surface area contributed by atoms with Crippen molar-refractivity contribution in [1.29, 1.82) is 0 Å². The van der Waals surface area contributed by atoms with E-state index in [-0.39, 0.29) is 23.9 Å². The maximum absolute atomic E-state index is 13.8. The molecule has 8 nitrogen and oxygen atoms in total. The van der Waals surface area contributed by atoms with Gasteiger partial charge in [0.05, 0.1) is 4.90 Å². The van der Waals surface area contributed by atoms with E-state index in [0.717, 1.165) is 22.9 Å². The molecule has 0 N–H and O–H groups in total. The third-order valence-corrected chi connectivity index (χ3v) is 7.89. The molecular weight excluding hydrogens is 445 g/mol. The molecule has 0 fully saturated rings. The van der Waals surface area contributed by atoms with Crippen LogP contribution in [-0.4, -0.2) is 39.2 Å². The highest BCUT2D eigenvalue weighted by Crippen LogP contribution is 2.33. The van der Waals surface area contributed by atoms with Gasteiger partial charge in [-0.1, -0.05) is 23.8 Å². The van der Waals surface area contributed by atoms with Crippen molar-refractivity contribution < 1.29 is 17.2 Å². The van der Waals surface area contributed by atoms with E-state index in [0.29, 0.717) is 29.1 Å². The number of sulfonamides is 1. The third-order valence-electron chi connectivity index (χ3n) is 5.90. The second kappa shape index (κ2) is 7.89. The van der Waals surface area contributed by atoms with Crippen LogP contribution in [0.5, 0.6) is 0 Å². The van der Waals surface area contributed by atoms with Gasteiger partial charge < -0.3 is 4.42 Å². The molecule has 3 heterocycles. The van der Waals surface area contributed by atoms with Crippen molar-refractivity contribution in [2.24, 2.45) is 7.05 Å². The summed E-state index contributed by atoms with van der Waals surface area (Å²) in [5.74, 6) is -0.00267. The van der Waals surface area contributed by atoms with Crippen molar-refractivity contribution in [2.45, 2.75) is 31.7 Å². The van der Waals surface area contributed by atoms with Crippen molar-refractivity contribution in [1.82, 2.24) is 24.3 Å². The van der Waals surface area contributed by atoms with Crippen LogP contribution in [0, 0.1) is 19.7 Å². The van der Waals surface area contributed by atoms with Gasteiger partial charge in [-0.05, 0) is 43.7 Å². The molecule has 0 unspecified atom stereocenters. The van der Waals surface area contributed by atoms with Gasteiger partial charge in [-0.2, -0.15) is 9.40 Å². The molecule has 10 heteroatoms. The minimum atomic E-state index is -3.90. The monoisotopic (exact) mass is 467 g/mol. The first kappa shape index (κ1) is 21.5. The zero-order chi connectivity index (χ0) is 23.3. The fourth-order valence-electron chi connectivity index (χ4n) is 4.07. The Kier molecular flexibility index (Phi) is 5.13. The summed E-state index contributed by atoms with van der Waals surface area (Å²) in [6.45, 7) is 4.00. The fraction of sp³-hybridized carbons (Fsp3) is 0.261. The molecule has 170 valence electrons. The average Bonchev–Trinajstić information content (AvgIpc) is 3.40. The second-order valence-corrected chi connectivity index (χ2v) is 10.1. The van der Waals surface area contributed by atoms with Gasteiger partial charge >= 0.3 is 0 Å². The summed E-state index contributed by atoms with van der Waals surface area (Å²) in [5, 5.41) is 12.9. The zero-order valence-electron chi connectivity index (χ0n) is 18.4. The van der Waals surface area contributed by atoms with Gasteiger partial charge in [-0.25, -0.2) is 12.8 Å². The van der Waals surface area contributed by atoms with Crippen molar-refractivity contribution in [3.05, 3.63) is 70.7 Å². The Morgan fingerprint density at radius 1 is 1.03 bits per heavy atom. The molecule has 0 saturated carbocycles. The quantitative estimate of drug-likeness (QED) is 0.455. The van der Waals surface area contributed by atoms with E-state index in [1.54, 1.807) is 18.7 Å². The molecule has 33 heavy (non-hydrogen) atoms. The van der Waals surface area contributed by atoms with Crippen LogP contribution < -0.4 is 0 Å². The Hall–Kier alpha value is -3.37. The number of aryl methyl sites for hydroxylation is 3. The summed E-state index contributed by atoms with van der Waals surface area (Å²) in [5.41, 5.74) is 4.47. The zero-order valence-corrected chi connectivity index (χ0v) is 19.2. The molecule has 1 aliphatic heterocycles. The van der Waals surface area contributed by atoms with E-state index in [2.05, 4.69) is 15.3 Å². The maximum Gasteiger partial charge on any atom is 0.268 e. The number of hydrogen-bond donors (Lipinski definition) is 0. The lowest BCUT2D eigenvalue weighted by Gasteiger charge is -2.27. The van der Waals surface area contributed by atoms with Gasteiger partial charge in [-0.3, -0.25) is 4.68 Å². The summed E-state index contributed by atoms with van der Waals surface area (Å²) < 4.78 is 49.4. The first-order valence-electron chi connectivity index (χ1n) is 10.5. The van der Waals surface area contributed by atoms with Crippen LogP contribution in [0.15, 0.2) is 51.8 Å². The van der Waals surface area contributed by atoms with E-state index < -0.39 is 15.8 Å². The Bertz CT molecular complexity index is 1460. The number of aromatic nitrogens is 4. The summed E-state index contributed by atoms with van der Waals surface area (Å²) in [6.07, 6.45) is 0.464. The van der Waals surface area contributed by atoms with Gasteiger partial charge in [-0.15, -0.1) is 10.2 Å². The Morgan fingerprint density at radius 2 is 1.76 bits per heavy atom. The fourth-order valence-corrected chi connectivity index (χ4v) is 5.71. The molecule has 0 radical (unpaired) electrons. The normalized spacial score (nSPS) is 14.4. The predicted octanol–water partition coefficient (Wildman–Crippen LogP) is 3.64. The van der Waals surface area contributed by atoms with Crippen LogP contribution in [-0.2, 0) is 30.0 Å². The molecule has 1 aliphatic rings. The molecule has 2 aromatic heterocycles. The van der Waals surface area contributed by atoms with Crippen LogP contribution >= 0.6 is 0 Å². The second-order valence-electron chi connectivity index (χ2n) is 8.17. The highest BCUT2D eigenvalue weighted by molar-refractivity contribution is 7.89. The molecule has 0 bridgehead atoms. The minimum absolute atomic E-state index is 0.0316. The molecule has 4 aromatic rings. The number of nitrogens with zero attached hydrogens (tertiary/aromatic N) is 5. The summed E-state index contributed by atoms with van der Waals surface area (Å²) in [4.78, 5) is -0.0316. The molecule has 0 amide bonds. The first-order chi connectivity index (χ1) is 15.7. The van der Waals surface area contributed by atoms with Gasteiger partial charge in [0.2, 0.25) is 15.9 Å². The largest absolute Gasteiger partial charge is 0.415 e. The van der Waals surface area contributed by atoms with Gasteiger partial charge in [0, 0.05) is 43.4 Å². The smallest absolute Gasteiger partial charge is 0.268 e. The Balaban J connectivity index is 1.51. The van der Waals surface area contributed by atoms with Gasteiger partial charge in [0.1, 0.15) is 5.82 Å². The predicted molar refractivity (Wildman–Crippen MR) is 119 cm³/mol. The third kappa shape index (κ3) is 3.75. The van der Waals surface area contributed by atoms with E-state index in [1.165, 1.54) is 16.4 Å². The summed E-state index contributed by atoms with van der Waals surface area (Å²) in [7, 11) is -2.09. The van der Waals surface area contributed by atoms with E-state index in [4.69, 9.17) is 4.42 Å². The molecular formula is C23H22FN5O3S. The van der Waals surface area contributed by atoms with Crippen LogP contribution in [0.25, 0.3) is 23.0 Å². The average molecular weight is 468 g/mol. The molecule has 0 aliphatic carbocycles. The minimum Gasteiger partial charge on any atom is -0.415 e. The Labute approximate surface area is 190 Å². The lowest BCUT2D eigenvalue weighted by atomic mass is 10.1. The topological polar surface area (TPSA) is 94.1 Å². The molecule has 2 aromatic carbocycles. The number of benzene rings is 2. The lowest BCUT2D eigenvalue weighted by Crippen LogP contribution is -2.36. The first-order valence-corrected chi connectivity index (χ1v) is 11.9. The van der Waals surface area contributed by atoms with E-state index in [9.17, 15) is 12.8 Å². The lowest BCUT2D eigenvalue weighted by molar-refractivity contribution is 0.385. The van der Waals surface area contributed by atoms with Crippen LogP contribution in [0.4, 0.5) is 4.39 Å². The number of halogens is 1. The van der Waals surface area contributed by atoms with Crippen molar-refractivity contribution in [3.63, 3.8) is 0 Å². The number of fused-ring (bicyclic) bond motifs is 1. The standard InChI is InChI=1S/C23H22FN5O3S/c1-14-4-7-16(8-5-14)22-25-26-23(32-22)21-18-13-29(11-10-19(18)28(3)27-21)33(30,31)20-12-17(24)9-6-15(20)2/h4-9,12H,10-11,13H2,1-3H3. The summed E-state index contributed by atoms with van der Waals surface area (Å²) >= 11 is 0. The number of rotatable bonds is 4. The Morgan fingerprint density at radius 3 is 2.52 bits per heavy atom. The van der Waals surface area contributed by atoms with Crippen molar-refractivity contribution in [3.8, 4) is 23.0 Å². The SMILES string of the molecule is Cc1ccc(-c2nnc(-c3nn(C)c4c3CN(S(=O)(=O)c3cc(F)ccc3C)CC4)o2)cc1. The molecule has 0 spiro atoms.